The molecule has 0 aliphatic heterocycles. The van der Waals surface area contributed by atoms with Gasteiger partial charge in [-0.25, -0.2) is 4.79 Å². The normalized spacial score (nSPS) is 13.4. The van der Waals surface area contributed by atoms with Crippen molar-refractivity contribution in [3.05, 3.63) is 59.2 Å². The summed E-state index contributed by atoms with van der Waals surface area (Å²) in [6, 6.07) is 12.3. The maximum Gasteiger partial charge on any atom is 0.344 e. The van der Waals surface area contributed by atoms with Gasteiger partial charge in [-0.1, -0.05) is 6.07 Å². The third-order valence-corrected chi connectivity index (χ3v) is 4.66. The van der Waals surface area contributed by atoms with Gasteiger partial charge >= 0.3 is 5.97 Å². The van der Waals surface area contributed by atoms with Gasteiger partial charge in [-0.05, 0) is 80.6 Å². The molecule has 0 saturated heterocycles. The number of rotatable bonds is 7. The molecule has 3 rings (SSSR count). The first-order valence-corrected chi connectivity index (χ1v) is 9.28. The number of ether oxygens (including phenoxy) is 2. The lowest BCUT2D eigenvalue weighted by Gasteiger charge is -2.14. The van der Waals surface area contributed by atoms with Crippen molar-refractivity contribution in [3.8, 4) is 5.75 Å². The van der Waals surface area contributed by atoms with E-state index < -0.39 is 18.0 Å². The molecule has 0 aromatic heterocycles. The zero-order chi connectivity index (χ0) is 20.1. The lowest BCUT2D eigenvalue weighted by Crippen LogP contribution is -2.31. The van der Waals surface area contributed by atoms with E-state index in [0.717, 1.165) is 19.3 Å². The summed E-state index contributed by atoms with van der Waals surface area (Å²) >= 11 is 0. The molecule has 6 heteroatoms. The van der Waals surface area contributed by atoms with E-state index in [0.29, 0.717) is 17.0 Å². The summed E-state index contributed by atoms with van der Waals surface area (Å²) in [6.07, 6.45) is 2.29. The Morgan fingerprint density at radius 3 is 2.46 bits per heavy atom. The summed E-state index contributed by atoms with van der Waals surface area (Å²) in [5.41, 5.74) is 3.67. The number of ketones is 1. The minimum absolute atomic E-state index is 0.0523. The predicted molar refractivity (Wildman–Crippen MR) is 105 cm³/mol. The molecular weight excluding hydrogens is 358 g/mol. The molecule has 0 spiro atoms. The number of benzene rings is 2. The van der Waals surface area contributed by atoms with E-state index in [9.17, 15) is 14.4 Å². The fraction of sp³-hybridized carbons (Fsp3) is 0.318. The van der Waals surface area contributed by atoms with Crippen molar-refractivity contribution in [1.82, 2.24) is 0 Å². The Hall–Kier alpha value is -3.15. The van der Waals surface area contributed by atoms with Crippen LogP contribution in [0.3, 0.4) is 0 Å². The molecule has 1 atom stereocenters. The van der Waals surface area contributed by atoms with Crippen LogP contribution in [-0.2, 0) is 27.2 Å². The van der Waals surface area contributed by atoms with Gasteiger partial charge in [-0.15, -0.1) is 0 Å². The topological polar surface area (TPSA) is 81.7 Å². The largest absolute Gasteiger partial charge is 0.482 e. The van der Waals surface area contributed by atoms with Crippen molar-refractivity contribution in [3.63, 3.8) is 0 Å². The van der Waals surface area contributed by atoms with E-state index in [-0.39, 0.29) is 12.4 Å². The zero-order valence-corrected chi connectivity index (χ0v) is 16.0. The highest BCUT2D eigenvalue weighted by atomic mass is 16.6. The summed E-state index contributed by atoms with van der Waals surface area (Å²) in [5, 5.41) is 2.65. The van der Waals surface area contributed by atoms with Gasteiger partial charge in [0.1, 0.15) is 5.75 Å². The van der Waals surface area contributed by atoms with E-state index in [4.69, 9.17) is 9.47 Å². The number of carbonyl (C=O) groups excluding carboxylic acids is 3. The Morgan fingerprint density at radius 1 is 1.04 bits per heavy atom. The number of carbonyl (C=O) groups is 3. The Labute approximate surface area is 163 Å². The molecule has 1 aliphatic rings. The van der Waals surface area contributed by atoms with Gasteiger partial charge in [0.25, 0.3) is 5.91 Å². The third kappa shape index (κ3) is 4.97. The molecule has 146 valence electrons. The van der Waals surface area contributed by atoms with Gasteiger partial charge in [0, 0.05) is 11.3 Å². The van der Waals surface area contributed by atoms with Gasteiger partial charge in [0.05, 0.1) is 0 Å². The molecule has 2 aromatic carbocycles. The first-order chi connectivity index (χ1) is 13.4. The van der Waals surface area contributed by atoms with Crippen LogP contribution in [0.1, 0.15) is 41.8 Å². The van der Waals surface area contributed by atoms with Crippen LogP contribution in [0.4, 0.5) is 5.69 Å². The third-order valence-electron chi connectivity index (χ3n) is 4.66. The maximum atomic E-state index is 12.2. The monoisotopic (exact) mass is 381 g/mol. The lowest BCUT2D eigenvalue weighted by atomic mass is 10.1. The standard InChI is InChI=1S/C22H23NO5/c1-14(24)16-6-9-19(10-7-16)23-22(26)15(2)28-21(25)13-27-20-11-8-17-4-3-5-18(17)12-20/h6-12,15H,3-5,13H2,1-2H3,(H,23,26)/t15-/m0/s1. The second kappa shape index (κ2) is 8.69. The number of Topliss-reactive ketones (excluding diaryl/α,β-unsaturated/α-hetero) is 1. The van der Waals surface area contributed by atoms with Crippen LogP contribution in [0.15, 0.2) is 42.5 Å². The predicted octanol–water partition coefficient (Wildman–Crippen LogP) is 3.33. The maximum absolute atomic E-state index is 12.2. The molecule has 0 bridgehead atoms. The van der Waals surface area contributed by atoms with Gasteiger partial charge in [-0.3, -0.25) is 9.59 Å². The molecule has 0 saturated carbocycles. The summed E-state index contributed by atoms with van der Waals surface area (Å²) < 4.78 is 10.6. The smallest absolute Gasteiger partial charge is 0.344 e. The quantitative estimate of drug-likeness (QED) is 0.588. The number of hydrogen-bond donors (Lipinski definition) is 1. The van der Waals surface area contributed by atoms with Gasteiger partial charge in [0.15, 0.2) is 18.5 Å². The van der Waals surface area contributed by atoms with Gasteiger partial charge in [0.2, 0.25) is 0 Å². The number of esters is 1. The number of nitrogens with one attached hydrogen (secondary N) is 1. The van der Waals surface area contributed by atoms with E-state index in [2.05, 4.69) is 5.32 Å². The fourth-order valence-electron chi connectivity index (χ4n) is 3.10. The molecule has 0 radical (unpaired) electrons. The average Bonchev–Trinajstić information content (AvgIpc) is 3.14. The highest BCUT2D eigenvalue weighted by Crippen LogP contribution is 2.26. The summed E-state index contributed by atoms with van der Waals surface area (Å²) in [5.74, 6) is -0.500. The Kier molecular flexibility index (Phi) is 6.09. The van der Waals surface area contributed by atoms with Gasteiger partial charge < -0.3 is 14.8 Å². The van der Waals surface area contributed by atoms with Crippen LogP contribution < -0.4 is 10.1 Å². The van der Waals surface area contributed by atoms with Gasteiger partial charge in [-0.2, -0.15) is 0 Å². The molecule has 28 heavy (non-hydrogen) atoms. The Balaban J connectivity index is 1.46. The molecule has 0 fully saturated rings. The molecule has 0 heterocycles. The highest BCUT2D eigenvalue weighted by Gasteiger charge is 2.19. The summed E-state index contributed by atoms with van der Waals surface area (Å²) in [7, 11) is 0. The van der Waals surface area contributed by atoms with Crippen LogP contribution in [0, 0.1) is 0 Å². The molecule has 1 aliphatic carbocycles. The second-order valence-electron chi connectivity index (χ2n) is 6.83. The SMILES string of the molecule is CC(=O)c1ccc(NC(=O)[C@H](C)OC(=O)COc2ccc3c(c2)CCC3)cc1. The van der Waals surface area contributed by atoms with E-state index >= 15 is 0 Å². The number of hydrogen-bond acceptors (Lipinski definition) is 5. The fourth-order valence-corrected chi connectivity index (χ4v) is 3.10. The van der Waals surface area contributed by atoms with E-state index in [1.807, 2.05) is 18.2 Å². The van der Waals surface area contributed by atoms with Crippen LogP contribution >= 0.6 is 0 Å². The summed E-state index contributed by atoms with van der Waals surface area (Å²) in [6.45, 7) is 2.70. The zero-order valence-electron chi connectivity index (χ0n) is 16.0. The molecule has 6 nitrogen and oxygen atoms in total. The van der Waals surface area contributed by atoms with Crippen molar-refractivity contribution < 1.29 is 23.9 Å². The highest BCUT2D eigenvalue weighted by molar-refractivity contribution is 5.97. The van der Waals surface area contributed by atoms with Crippen LogP contribution in [0.25, 0.3) is 0 Å². The lowest BCUT2D eigenvalue weighted by molar-refractivity contribution is -0.155. The van der Waals surface area contributed by atoms with Crippen LogP contribution in [-0.4, -0.2) is 30.4 Å². The first-order valence-electron chi connectivity index (χ1n) is 9.28. The summed E-state index contributed by atoms with van der Waals surface area (Å²) in [4.78, 5) is 35.4. The number of fused-ring (bicyclic) bond motifs is 1. The molecule has 1 N–H and O–H groups in total. The van der Waals surface area contributed by atoms with Crippen LogP contribution in [0.5, 0.6) is 5.75 Å². The first kappa shape index (κ1) is 19.6. The van der Waals surface area contributed by atoms with Crippen molar-refractivity contribution in [2.75, 3.05) is 11.9 Å². The minimum atomic E-state index is -0.969. The second-order valence-corrected chi connectivity index (χ2v) is 6.83. The molecule has 2 aromatic rings. The molecular formula is C22H23NO5. The Bertz CT molecular complexity index is 888. The van der Waals surface area contributed by atoms with Crippen LogP contribution in [0.2, 0.25) is 0 Å². The van der Waals surface area contributed by atoms with Crippen molar-refractivity contribution in [2.45, 2.75) is 39.2 Å². The van der Waals surface area contributed by atoms with E-state index in [1.165, 1.54) is 25.0 Å². The number of anilines is 1. The number of aryl methyl sites for hydroxylation is 2. The van der Waals surface area contributed by atoms with Crippen molar-refractivity contribution in [1.29, 1.82) is 0 Å². The number of amides is 1. The van der Waals surface area contributed by atoms with Crippen molar-refractivity contribution in [2.24, 2.45) is 0 Å². The average molecular weight is 381 g/mol. The minimum Gasteiger partial charge on any atom is -0.482 e. The molecule has 0 unspecified atom stereocenters. The van der Waals surface area contributed by atoms with Crippen molar-refractivity contribution >= 4 is 23.3 Å². The molecule has 1 amide bonds. The Morgan fingerprint density at radius 2 is 1.75 bits per heavy atom. The van der Waals surface area contributed by atoms with E-state index in [1.54, 1.807) is 24.3 Å².